The summed E-state index contributed by atoms with van der Waals surface area (Å²) < 4.78 is 6.69. The smallest absolute Gasteiger partial charge is 0.240 e. The van der Waals surface area contributed by atoms with E-state index < -0.39 is 0 Å². The number of hydrazone groups is 1. The van der Waals surface area contributed by atoms with Crippen LogP contribution in [-0.2, 0) is 10.2 Å². The monoisotopic (exact) mass is 422 g/mol. The van der Waals surface area contributed by atoms with E-state index in [9.17, 15) is 4.79 Å². The van der Waals surface area contributed by atoms with Gasteiger partial charge in [0.1, 0.15) is 5.75 Å². The molecule has 0 aliphatic heterocycles. The zero-order valence-electron chi connectivity index (χ0n) is 14.7. The maximum Gasteiger partial charge on any atom is 0.240 e. The molecule has 1 N–H and O–H groups in total. The third-order valence-electron chi connectivity index (χ3n) is 3.53. The number of hydrogen-bond donors (Lipinski definition) is 1. The Morgan fingerprint density at radius 3 is 2.80 bits per heavy atom. The minimum absolute atomic E-state index is 0.1000. The van der Waals surface area contributed by atoms with Crippen molar-refractivity contribution in [3.63, 3.8) is 0 Å². The fourth-order valence-corrected chi connectivity index (χ4v) is 3.17. The van der Waals surface area contributed by atoms with Gasteiger partial charge in [-0.2, -0.15) is 5.10 Å². The van der Waals surface area contributed by atoms with Crippen molar-refractivity contribution < 1.29 is 9.53 Å². The molecule has 2 rings (SSSR count). The van der Waals surface area contributed by atoms with Crippen molar-refractivity contribution >= 4 is 39.4 Å². The Morgan fingerprint density at radius 2 is 2.16 bits per heavy atom. The molecule has 0 aliphatic carbocycles. The Bertz CT molecular complexity index is 722. The van der Waals surface area contributed by atoms with Gasteiger partial charge in [0.25, 0.3) is 0 Å². The van der Waals surface area contributed by atoms with Crippen LogP contribution in [0.1, 0.15) is 44.1 Å². The van der Waals surface area contributed by atoms with Gasteiger partial charge >= 0.3 is 0 Å². The van der Waals surface area contributed by atoms with Crippen molar-refractivity contribution in [1.82, 2.24) is 5.43 Å². The molecular formula is C19H23BrN2O2S. The van der Waals surface area contributed by atoms with E-state index in [1.54, 1.807) is 17.6 Å². The fraction of sp³-hybridized carbons (Fsp3) is 0.368. The first-order chi connectivity index (χ1) is 11.9. The molecule has 0 atom stereocenters. The van der Waals surface area contributed by atoms with E-state index in [0.29, 0.717) is 19.4 Å². The van der Waals surface area contributed by atoms with Gasteiger partial charge in [-0.25, -0.2) is 5.43 Å². The molecule has 0 spiro atoms. The molecule has 0 aliphatic rings. The van der Waals surface area contributed by atoms with Gasteiger partial charge in [0.05, 0.1) is 17.3 Å². The summed E-state index contributed by atoms with van der Waals surface area (Å²) in [5, 5.41) is 5.90. The van der Waals surface area contributed by atoms with Crippen molar-refractivity contribution in [2.45, 2.75) is 39.0 Å². The lowest BCUT2D eigenvalue weighted by Gasteiger charge is -2.20. The number of nitrogens with one attached hydrogen (secondary N) is 1. The van der Waals surface area contributed by atoms with Gasteiger partial charge in [0.2, 0.25) is 5.91 Å². The average molecular weight is 423 g/mol. The van der Waals surface area contributed by atoms with Crippen molar-refractivity contribution in [2.24, 2.45) is 5.10 Å². The Kier molecular flexibility index (Phi) is 7.20. The molecule has 1 aromatic heterocycles. The Morgan fingerprint density at radius 1 is 1.36 bits per heavy atom. The second-order valence-corrected chi connectivity index (χ2v) is 8.49. The minimum atomic E-state index is -0.112. The lowest BCUT2D eigenvalue weighted by Crippen LogP contribution is -2.18. The summed E-state index contributed by atoms with van der Waals surface area (Å²) in [5.74, 6) is 0.683. The standard InChI is InChI=1S/C19H23BrN2O2S/c1-19(2,3)14-8-9-17(16(20)12-14)24-10-4-7-18(23)22-21-13-15-6-5-11-25-15/h5-6,8-9,11-13H,4,7,10H2,1-3H3,(H,22,23)/b21-13+. The Balaban J connectivity index is 1.71. The normalized spacial score (nSPS) is 11.7. The van der Waals surface area contributed by atoms with Crippen LogP contribution in [0.3, 0.4) is 0 Å². The summed E-state index contributed by atoms with van der Waals surface area (Å²) >= 11 is 5.12. The molecule has 134 valence electrons. The van der Waals surface area contributed by atoms with Crippen LogP contribution >= 0.6 is 27.3 Å². The van der Waals surface area contributed by atoms with Gasteiger partial charge < -0.3 is 4.74 Å². The Labute approximate surface area is 161 Å². The van der Waals surface area contributed by atoms with E-state index in [0.717, 1.165) is 15.1 Å². The van der Waals surface area contributed by atoms with E-state index in [2.05, 4.69) is 59.4 Å². The predicted molar refractivity (Wildman–Crippen MR) is 108 cm³/mol. The number of thiophene rings is 1. The first-order valence-corrected chi connectivity index (χ1v) is 9.82. The second kappa shape index (κ2) is 9.15. The summed E-state index contributed by atoms with van der Waals surface area (Å²) in [7, 11) is 0. The number of halogens is 1. The molecule has 0 saturated carbocycles. The van der Waals surface area contributed by atoms with Gasteiger partial charge in [-0.15, -0.1) is 11.3 Å². The van der Waals surface area contributed by atoms with Crippen LogP contribution in [0.25, 0.3) is 0 Å². The molecule has 4 nitrogen and oxygen atoms in total. The molecule has 25 heavy (non-hydrogen) atoms. The molecule has 0 bridgehead atoms. The number of carbonyl (C=O) groups excluding carboxylic acids is 1. The molecular weight excluding hydrogens is 400 g/mol. The summed E-state index contributed by atoms with van der Waals surface area (Å²) in [6.45, 7) is 7.01. The number of amides is 1. The SMILES string of the molecule is CC(C)(C)c1ccc(OCCCC(=O)N/N=C/c2cccs2)c(Br)c1. The van der Waals surface area contributed by atoms with Crippen LogP contribution in [-0.4, -0.2) is 18.7 Å². The summed E-state index contributed by atoms with van der Waals surface area (Å²) in [6, 6.07) is 10.0. The lowest BCUT2D eigenvalue weighted by molar-refractivity contribution is -0.121. The van der Waals surface area contributed by atoms with Crippen molar-refractivity contribution in [3.8, 4) is 5.75 Å². The van der Waals surface area contributed by atoms with Crippen LogP contribution in [0.4, 0.5) is 0 Å². The molecule has 0 radical (unpaired) electrons. The molecule has 0 saturated heterocycles. The fourth-order valence-electron chi connectivity index (χ4n) is 2.09. The van der Waals surface area contributed by atoms with Crippen molar-refractivity contribution in [3.05, 3.63) is 50.6 Å². The number of carbonyl (C=O) groups is 1. The van der Waals surface area contributed by atoms with Crippen LogP contribution in [0, 0.1) is 0 Å². The van der Waals surface area contributed by atoms with Crippen LogP contribution in [0.5, 0.6) is 5.75 Å². The number of hydrogen-bond acceptors (Lipinski definition) is 4. The first kappa shape index (κ1) is 19.7. The predicted octanol–water partition coefficient (Wildman–Crippen LogP) is 5.12. The quantitative estimate of drug-likeness (QED) is 0.382. The highest BCUT2D eigenvalue weighted by molar-refractivity contribution is 9.10. The second-order valence-electron chi connectivity index (χ2n) is 6.66. The van der Waals surface area contributed by atoms with Gasteiger partial charge in [-0.3, -0.25) is 4.79 Å². The summed E-state index contributed by atoms with van der Waals surface area (Å²) in [5.41, 5.74) is 3.87. The average Bonchev–Trinajstić information content (AvgIpc) is 3.05. The molecule has 1 amide bonds. The van der Waals surface area contributed by atoms with Crippen LogP contribution in [0.15, 0.2) is 45.3 Å². The summed E-state index contributed by atoms with van der Waals surface area (Å²) in [6.07, 6.45) is 2.65. The maximum atomic E-state index is 11.7. The van der Waals surface area contributed by atoms with E-state index in [4.69, 9.17) is 4.74 Å². The van der Waals surface area contributed by atoms with E-state index in [1.807, 2.05) is 23.6 Å². The number of ether oxygens (including phenoxy) is 1. The number of nitrogens with zero attached hydrogens (tertiary/aromatic N) is 1. The number of benzene rings is 1. The maximum absolute atomic E-state index is 11.7. The molecule has 2 aromatic rings. The summed E-state index contributed by atoms with van der Waals surface area (Å²) in [4.78, 5) is 12.7. The zero-order chi connectivity index (χ0) is 18.3. The van der Waals surface area contributed by atoms with Crippen LogP contribution < -0.4 is 10.2 Å². The largest absolute Gasteiger partial charge is 0.492 e. The Hall–Kier alpha value is -1.66. The molecule has 0 unspecified atom stereocenters. The highest BCUT2D eigenvalue weighted by atomic mass is 79.9. The molecule has 0 fully saturated rings. The minimum Gasteiger partial charge on any atom is -0.492 e. The topological polar surface area (TPSA) is 50.7 Å². The van der Waals surface area contributed by atoms with Crippen molar-refractivity contribution in [2.75, 3.05) is 6.61 Å². The van der Waals surface area contributed by atoms with E-state index in [1.165, 1.54) is 5.56 Å². The molecule has 6 heteroatoms. The number of rotatable bonds is 7. The van der Waals surface area contributed by atoms with E-state index in [-0.39, 0.29) is 11.3 Å². The van der Waals surface area contributed by atoms with Gasteiger partial charge in [0.15, 0.2) is 0 Å². The third-order valence-corrected chi connectivity index (χ3v) is 4.95. The first-order valence-electron chi connectivity index (χ1n) is 8.14. The lowest BCUT2D eigenvalue weighted by atomic mass is 9.87. The van der Waals surface area contributed by atoms with Gasteiger partial charge in [0, 0.05) is 11.3 Å². The van der Waals surface area contributed by atoms with E-state index >= 15 is 0 Å². The third kappa shape index (κ3) is 6.63. The van der Waals surface area contributed by atoms with Gasteiger partial charge in [-0.05, 0) is 56.9 Å². The van der Waals surface area contributed by atoms with Crippen LogP contribution in [0.2, 0.25) is 0 Å². The molecule has 1 heterocycles. The molecule has 1 aromatic carbocycles. The highest BCUT2D eigenvalue weighted by Gasteiger charge is 2.15. The highest BCUT2D eigenvalue weighted by Crippen LogP contribution is 2.31. The zero-order valence-corrected chi connectivity index (χ0v) is 17.1. The van der Waals surface area contributed by atoms with Crippen molar-refractivity contribution in [1.29, 1.82) is 0 Å². The van der Waals surface area contributed by atoms with Gasteiger partial charge in [-0.1, -0.05) is 32.9 Å².